The summed E-state index contributed by atoms with van der Waals surface area (Å²) < 4.78 is 1.82. The number of carbonyl (C=O) groups is 1. The van der Waals surface area contributed by atoms with E-state index in [4.69, 9.17) is 0 Å². The summed E-state index contributed by atoms with van der Waals surface area (Å²) in [6.07, 6.45) is 3.76. The van der Waals surface area contributed by atoms with E-state index in [1.165, 1.54) is 0 Å². The maximum Gasteiger partial charge on any atom is 0.253 e. The lowest BCUT2D eigenvalue weighted by atomic mass is 10.1. The third-order valence-electron chi connectivity index (χ3n) is 3.89. The zero-order valence-corrected chi connectivity index (χ0v) is 14.2. The molecule has 0 radical (unpaired) electrons. The number of carbonyl (C=O) groups excluding carboxylic acids is 1. The number of benzene rings is 2. The van der Waals surface area contributed by atoms with Gasteiger partial charge < -0.3 is 4.90 Å². The molecule has 1 heterocycles. The molecule has 122 valence electrons. The minimum absolute atomic E-state index is 0.0225. The molecule has 0 aliphatic rings. The van der Waals surface area contributed by atoms with Crippen LogP contribution in [0, 0.1) is 13.8 Å². The summed E-state index contributed by atoms with van der Waals surface area (Å²) >= 11 is 0. The van der Waals surface area contributed by atoms with Crippen LogP contribution in [0.25, 0.3) is 5.69 Å². The van der Waals surface area contributed by atoms with E-state index in [9.17, 15) is 4.79 Å². The molecule has 3 aromatic rings. The van der Waals surface area contributed by atoms with Crippen molar-refractivity contribution in [3.63, 3.8) is 0 Å². The minimum atomic E-state index is 0.0225. The van der Waals surface area contributed by atoms with Gasteiger partial charge in [0.25, 0.3) is 5.91 Å². The Labute approximate surface area is 142 Å². The quantitative estimate of drug-likeness (QED) is 0.734. The van der Waals surface area contributed by atoms with Gasteiger partial charge in [-0.15, -0.1) is 0 Å². The van der Waals surface area contributed by atoms with Crippen molar-refractivity contribution >= 4 is 5.91 Å². The van der Waals surface area contributed by atoms with Crippen molar-refractivity contribution < 1.29 is 4.79 Å². The van der Waals surface area contributed by atoms with Crippen molar-refractivity contribution in [1.29, 1.82) is 0 Å². The van der Waals surface area contributed by atoms with Gasteiger partial charge in [0, 0.05) is 30.9 Å². The fraction of sp³-hybridized carbons (Fsp3) is 0.200. The first-order valence-electron chi connectivity index (χ1n) is 7.95. The molecule has 0 spiro atoms. The van der Waals surface area contributed by atoms with Gasteiger partial charge in [0.05, 0.1) is 11.9 Å². The van der Waals surface area contributed by atoms with E-state index in [1.54, 1.807) is 11.1 Å². The fourth-order valence-electron chi connectivity index (χ4n) is 2.83. The van der Waals surface area contributed by atoms with Crippen molar-refractivity contribution in [3.8, 4) is 5.69 Å². The molecule has 0 saturated carbocycles. The van der Waals surface area contributed by atoms with E-state index in [1.807, 2.05) is 74.2 Å². The molecule has 0 fully saturated rings. The highest BCUT2D eigenvalue weighted by Gasteiger charge is 2.14. The normalized spacial score (nSPS) is 10.6. The Morgan fingerprint density at radius 2 is 1.75 bits per heavy atom. The third kappa shape index (κ3) is 3.54. The van der Waals surface area contributed by atoms with Gasteiger partial charge in [0.2, 0.25) is 0 Å². The van der Waals surface area contributed by atoms with Gasteiger partial charge in [0.1, 0.15) is 0 Å². The molecule has 1 aromatic heterocycles. The molecule has 0 saturated heterocycles. The Kier molecular flexibility index (Phi) is 4.47. The first-order chi connectivity index (χ1) is 11.5. The molecule has 0 aliphatic carbocycles. The molecule has 0 N–H and O–H groups in total. The van der Waals surface area contributed by atoms with Gasteiger partial charge in [0.15, 0.2) is 0 Å². The second kappa shape index (κ2) is 6.71. The number of amides is 1. The number of para-hydroxylation sites is 1. The van der Waals surface area contributed by atoms with Crippen LogP contribution in [0.5, 0.6) is 0 Å². The molecular weight excluding hydrogens is 298 g/mol. The lowest BCUT2D eigenvalue weighted by Gasteiger charge is -2.17. The van der Waals surface area contributed by atoms with E-state index in [-0.39, 0.29) is 5.91 Å². The molecule has 0 bridgehead atoms. The topological polar surface area (TPSA) is 38.1 Å². The highest BCUT2D eigenvalue weighted by molar-refractivity contribution is 5.94. The summed E-state index contributed by atoms with van der Waals surface area (Å²) in [7, 11) is 1.82. The predicted molar refractivity (Wildman–Crippen MR) is 95.3 cm³/mol. The van der Waals surface area contributed by atoms with Gasteiger partial charge in [-0.05, 0) is 38.1 Å². The summed E-state index contributed by atoms with van der Waals surface area (Å²) in [5, 5.41) is 4.38. The second-order valence-corrected chi connectivity index (χ2v) is 6.17. The Balaban J connectivity index is 1.74. The third-order valence-corrected chi connectivity index (χ3v) is 3.89. The van der Waals surface area contributed by atoms with Gasteiger partial charge in [-0.3, -0.25) is 4.79 Å². The van der Waals surface area contributed by atoms with Crippen molar-refractivity contribution in [2.75, 3.05) is 7.05 Å². The highest BCUT2D eigenvalue weighted by Crippen LogP contribution is 2.14. The van der Waals surface area contributed by atoms with Crippen molar-refractivity contribution in [1.82, 2.24) is 14.7 Å². The zero-order chi connectivity index (χ0) is 17.1. The average molecular weight is 319 g/mol. The molecule has 1 amide bonds. The zero-order valence-electron chi connectivity index (χ0n) is 14.2. The van der Waals surface area contributed by atoms with Gasteiger partial charge in [-0.2, -0.15) is 5.10 Å². The fourth-order valence-corrected chi connectivity index (χ4v) is 2.83. The summed E-state index contributed by atoms with van der Waals surface area (Å²) in [6, 6.07) is 15.9. The maximum absolute atomic E-state index is 12.6. The van der Waals surface area contributed by atoms with Crippen LogP contribution in [0.1, 0.15) is 27.0 Å². The summed E-state index contributed by atoms with van der Waals surface area (Å²) in [5.74, 6) is 0.0225. The van der Waals surface area contributed by atoms with Crippen LogP contribution in [-0.4, -0.2) is 27.6 Å². The smallest absolute Gasteiger partial charge is 0.253 e. The standard InChI is InChI=1S/C20H21N3O/c1-15-9-16(2)11-18(10-15)20(24)22(3)13-17-12-21-23(14-17)19-7-5-4-6-8-19/h4-12,14H,13H2,1-3H3. The van der Waals surface area contributed by atoms with E-state index >= 15 is 0 Å². The first-order valence-corrected chi connectivity index (χ1v) is 7.95. The Bertz CT molecular complexity index is 832. The Morgan fingerprint density at radius 1 is 1.08 bits per heavy atom. The van der Waals surface area contributed by atoms with Crippen LogP contribution < -0.4 is 0 Å². The van der Waals surface area contributed by atoms with Crippen LogP contribution in [0.15, 0.2) is 60.9 Å². The van der Waals surface area contributed by atoms with Crippen LogP contribution >= 0.6 is 0 Å². The van der Waals surface area contributed by atoms with Crippen molar-refractivity contribution in [2.45, 2.75) is 20.4 Å². The average Bonchev–Trinajstić information content (AvgIpc) is 3.02. The highest BCUT2D eigenvalue weighted by atomic mass is 16.2. The van der Waals surface area contributed by atoms with Gasteiger partial charge >= 0.3 is 0 Å². The van der Waals surface area contributed by atoms with E-state index in [2.05, 4.69) is 11.2 Å². The number of hydrogen-bond acceptors (Lipinski definition) is 2. The summed E-state index contributed by atoms with van der Waals surface area (Å²) in [5.41, 5.74) is 4.93. The number of rotatable bonds is 4. The molecule has 0 atom stereocenters. The first kappa shape index (κ1) is 16.0. The summed E-state index contributed by atoms with van der Waals surface area (Å²) in [4.78, 5) is 14.4. The lowest BCUT2D eigenvalue weighted by Crippen LogP contribution is -2.26. The van der Waals surface area contributed by atoms with E-state index in [0.717, 1.165) is 27.9 Å². The lowest BCUT2D eigenvalue weighted by molar-refractivity contribution is 0.0785. The Morgan fingerprint density at radius 3 is 2.42 bits per heavy atom. The van der Waals surface area contributed by atoms with Gasteiger partial charge in [-0.1, -0.05) is 35.4 Å². The minimum Gasteiger partial charge on any atom is -0.337 e. The van der Waals surface area contributed by atoms with Gasteiger partial charge in [-0.25, -0.2) is 4.68 Å². The molecule has 4 nitrogen and oxygen atoms in total. The molecule has 3 rings (SSSR count). The molecule has 24 heavy (non-hydrogen) atoms. The second-order valence-electron chi connectivity index (χ2n) is 6.17. The van der Waals surface area contributed by atoms with Crippen molar-refractivity contribution in [2.24, 2.45) is 0 Å². The molecular formula is C20H21N3O. The van der Waals surface area contributed by atoms with Crippen LogP contribution in [0.4, 0.5) is 0 Å². The molecule has 4 heteroatoms. The number of aromatic nitrogens is 2. The SMILES string of the molecule is Cc1cc(C)cc(C(=O)N(C)Cc2cnn(-c3ccccc3)c2)c1. The summed E-state index contributed by atoms with van der Waals surface area (Å²) in [6.45, 7) is 4.54. The number of nitrogens with zero attached hydrogens (tertiary/aromatic N) is 3. The van der Waals surface area contributed by atoms with Crippen LogP contribution in [0.2, 0.25) is 0 Å². The Hall–Kier alpha value is -2.88. The maximum atomic E-state index is 12.6. The van der Waals surface area contributed by atoms with E-state index in [0.29, 0.717) is 6.54 Å². The molecule has 2 aromatic carbocycles. The van der Waals surface area contributed by atoms with Crippen molar-refractivity contribution in [3.05, 3.63) is 83.2 Å². The van der Waals surface area contributed by atoms with Crippen LogP contribution in [0.3, 0.4) is 0 Å². The number of hydrogen-bond donors (Lipinski definition) is 0. The predicted octanol–water partition coefficient (Wildman–Crippen LogP) is 3.76. The molecule has 0 unspecified atom stereocenters. The van der Waals surface area contributed by atoms with Crippen LogP contribution in [-0.2, 0) is 6.54 Å². The van der Waals surface area contributed by atoms with E-state index < -0.39 is 0 Å². The largest absolute Gasteiger partial charge is 0.337 e. The number of aryl methyl sites for hydroxylation is 2. The molecule has 0 aliphatic heterocycles. The monoisotopic (exact) mass is 319 g/mol.